The first kappa shape index (κ1) is 10.8. The molecule has 2 heterocycles. The molecule has 1 aromatic rings. The third kappa shape index (κ3) is 1.74. The topological polar surface area (TPSA) is 30.5 Å². The molecule has 92 valence electrons. The summed E-state index contributed by atoms with van der Waals surface area (Å²) in [6.07, 6.45) is 1.74. The molecular weight excluding hydrogens is 228 g/mol. The number of hydrogen-bond donors (Lipinski definition) is 1. The van der Waals surface area contributed by atoms with Gasteiger partial charge in [-0.25, -0.2) is 8.78 Å². The van der Waals surface area contributed by atoms with Crippen molar-refractivity contribution in [1.29, 1.82) is 0 Å². The van der Waals surface area contributed by atoms with Crippen molar-refractivity contribution in [2.75, 3.05) is 19.8 Å². The quantitative estimate of drug-likeness (QED) is 0.817. The first-order chi connectivity index (χ1) is 8.27. The highest BCUT2D eigenvalue weighted by molar-refractivity contribution is 5.50. The summed E-state index contributed by atoms with van der Waals surface area (Å²) in [4.78, 5) is 0. The van der Waals surface area contributed by atoms with E-state index in [0.29, 0.717) is 24.7 Å². The third-order valence-electron chi connectivity index (χ3n) is 3.17. The Kier molecular flexibility index (Phi) is 2.63. The van der Waals surface area contributed by atoms with Gasteiger partial charge >= 0.3 is 0 Å². The number of ether oxygens (including phenoxy) is 2. The number of benzene rings is 1. The van der Waals surface area contributed by atoms with Gasteiger partial charge in [0, 0.05) is 12.1 Å². The zero-order valence-corrected chi connectivity index (χ0v) is 9.26. The van der Waals surface area contributed by atoms with Crippen molar-refractivity contribution in [1.82, 2.24) is 5.32 Å². The number of hydrogen-bond acceptors (Lipinski definition) is 3. The Hall–Kier alpha value is -1.36. The van der Waals surface area contributed by atoms with Gasteiger partial charge in [0.15, 0.2) is 23.1 Å². The fraction of sp³-hybridized carbons (Fsp3) is 0.500. The first-order valence-corrected chi connectivity index (χ1v) is 5.78. The molecule has 0 aromatic heterocycles. The van der Waals surface area contributed by atoms with Crippen molar-refractivity contribution in [2.45, 2.75) is 18.9 Å². The summed E-state index contributed by atoms with van der Waals surface area (Å²) < 4.78 is 38.1. The van der Waals surface area contributed by atoms with E-state index >= 15 is 0 Å². The van der Waals surface area contributed by atoms with E-state index in [1.54, 1.807) is 0 Å². The molecule has 1 fully saturated rings. The van der Waals surface area contributed by atoms with Crippen molar-refractivity contribution < 1.29 is 18.3 Å². The molecule has 1 atom stereocenters. The van der Waals surface area contributed by atoms with Gasteiger partial charge < -0.3 is 14.8 Å². The maximum atomic E-state index is 13.9. The standard InChI is InChI=1S/C12H13F2NO2/c13-7-6-9-12(17-5-4-16-9)10(11(7)14)8-2-1-3-15-8/h6,8,15H,1-5H2. The number of fused-ring (bicyclic) bond motifs is 1. The normalized spacial score (nSPS) is 22.8. The Balaban J connectivity index is 2.12. The molecule has 2 aliphatic rings. The summed E-state index contributed by atoms with van der Waals surface area (Å²) in [5, 5.41) is 3.15. The van der Waals surface area contributed by atoms with E-state index in [1.807, 2.05) is 0 Å². The van der Waals surface area contributed by atoms with E-state index in [9.17, 15) is 8.78 Å². The van der Waals surface area contributed by atoms with Crippen LogP contribution in [0, 0.1) is 11.6 Å². The summed E-state index contributed by atoms with van der Waals surface area (Å²) >= 11 is 0. The van der Waals surface area contributed by atoms with Crippen LogP contribution in [0.1, 0.15) is 24.4 Å². The Bertz CT molecular complexity index is 445. The van der Waals surface area contributed by atoms with Crippen LogP contribution in [0.15, 0.2) is 6.07 Å². The summed E-state index contributed by atoms with van der Waals surface area (Å²) in [5.74, 6) is -1.04. The highest BCUT2D eigenvalue weighted by Crippen LogP contribution is 2.42. The zero-order chi connectivity index (χ0) is 11.8. The average Bonchev–Trinajstić information content (AvgIpc) is 2.84. The number of halogens is 2. The van der Waals surface area contributed by atoms with Crippen molar-refractivity contribution in [3.63, 3.8) is 0 Å². The molecular formula is C12H13F2NO2. The fourth-order valence-electron chi connectivity index (χ4n) is 2.40. The molecule has 1 saturated heterocycles. The van der Waals surface area contributed by atoms with Crippen molar-refractivity contribution in [3.05, 3.63) is 23.3 Å². The number of nitrogens with one attached hydrogen (secondary N) is 1. The summed E-state index contributed by atoms with van der Waals surface area (Å²) in [7, 11) is 0. The van der Waals surface area contributed by atoms with E-state index in [1.165, 1.54) is 0 Å². The fourth-order valence-corrected chi connectivity index (χ4v) is 2.40. The lowest BCUT2D eigenvalue weighted by Gasteiger charge is -2.24. The van der Waals surface area contributed by atoms with Gasteiger partial charge in [0.05, 0.1) is 5.56 Å². The zero-order valence-electron chi connectivity index (χ0n) is 9.26. The lowest BCUT2D eigenvalue weighted by atomic mass is 10.0. The first-order valence-electron chi connectivity index (χ1n) is 5.78. The van der Waals surface area contributed by atoms with Gasteiger partial charge in [0.1, 0.15) is 13.2 Å². The van der Waals surface area contributed by atoms with Crippen LogP contribution in [0.2, 0.25) is 0 Å². The molecule has 5 heteroatoms. The Labute approximate surface area is 97.7 Å². The van der Waals surface area contributed by atoms with E-state index in [2.05, 4.69) is 5.32 Å². The number of rotatable bonds is 1. The van der Waals surface area contributed by atoms with Crippen LogP contribution < -0.4 is 14.8 Å². The molecule has 17 heavy (non-hydrogen) atoms. The highest BCUT2D eigenvalue weighted by Gasteiger charge is 2.30. The van der Waals surface area contributed by atoms with E-state index in [0.717, 1.165) is 25.5 Å². The van der Waals surface area contributed by atoms with E-state index in [-0.39, 0.29) is 11.6 Å². The van der Waals surface area contributed by atoms with E-state index in [4.69, 9.17) is 9.47 Å². The molecule has 1 N–H and O–H groups in total. The minimum absolute atomic E-state index is 0.179. The molecule has 3 nitrogen and oxygen atoms in total. The summed E-state index contributed by atoms with van der Waals surface area (Å²) in [6.45, 7) is 1.56. The Morgan fingerprint density at radius 3 is 2.82 bits per heavy atom. The maximum absolute atomic E-state index is 13.9. The second-order valence-corrected chi connectivity index (χ2v) is 4.26. The van der Waals surface area contributed by atoms with Crippen LogP contribution in [-0.2, 0) is 0 Å². The van der Waals surface area contributed by atoms with Crippen LogP contribution in [0.25, 0.3) is 0 Å². The Morgan fingerprint density at radius 2 is 2.06 bits per heavy atom. The largest absolute Gasteiger partial charge is 0.486 e. The van der Waals surface area contributed by atoms with Crippen LogP contribution in [0.3, 0.4) is 0 Å². The van der Waals surface area contributed by atoms with Crippen molar-refractivity contribution >= 4 is 0 Å². The molecule has 1 unspecified atom stereocenters. The molecule has 0 saturated carbocycles. The van der Waals surface area contributed by atoms with Crippen molar-refractivity contribution in [2.24, 2.45) is 0 Å². The maximum Gasteiger partial charge on any atom is 0.169 e. The molecule has 0 bridgehead atoms. The van der Waals surface area contributed by atoms with Gasteiger partial charge in [-0.15, -0.1) is 0 Å². The monoisotopic (exact) mass is 241 g/mol. The van der Waals surface area contributed by atoms with Gasteiger partial charge in [0.2, 0.25) is 0 Å². The SMILES string of the molecule is Fc1cc2c(c(C3CCCN3)c1F)OCCO2. The second kappa shape index (κ2) is 4.14. The van der Waals surface area contributed by atoms with Crippen LogP contribution in [0.5, 0.6) is 11.5 Å². The molecule has 0 spiro atoms. The minimum atomic E-state index is -0.877. The van der Waals surface area contributed by atoms with Gasteiger partial charge in [0.25, 0.3) is 0 Å². The Morgan fingerprint density at radius 1 is 1.24 bits per heavy atom. The molecule has 1 aromatic carbocycles. The van der Waals surface area contributed by atoms with Crippen LogP contribution >= 0.6 is 0 Å². The molecule has 3 rings (SSSR count). The molecule has 0 radical (unpaired) electrons. The van der Waals surface area contributed by atoms with Crippen LogP contribution in [-0.4, -0.2) is 19.8 Å². The van der Waals surface area contributed by atoms with Crippen LogP contribution in [0.4, 0.5) is 8.78 Å². The van der Waals surface area contributed by atoms with Gasteiger partial charge in [-0.05, 0) is 19.4 Å². The predicted molar refractivity (Wildman–Crippen MR) is 57.3 cm³/mol. The van der Waals surface area contributed by atoms with Gasteiger partial charge in [-0.2, -0.15) is 0 Å². The lowest BCUT2D eigenvalue weighted by molar-refractivity contribution is 0.166. The lowest BCUT2D eigenvalue weighted by Crippen LogP contribution is -2.22. The predicted octanol–water partition coefficient (Wildman–Crippen LogP) is 2.16. The summed E-state index contributed by atoms with van der Waals surface area (Å²) in [6, 6.07) is 0.878. The van der Waals surface area contributed by atoms with Gasteiger partial charge in [-0.1, -0.05) is 0 Å². The summed E-state index contributed by atoms with van der Waals surface area (Å²) in [5.41, 5.74) is 0.275. The van der Waals surface area contributed by atoms with Crippen molar-refractivity contribution in [3.8, 4) is 11.5 Å². The average molecular weight is 241 g/mol. The molecule has 0 aliphatic carbocycles. The smallest absolute Gasteiger partial charge is 0.169 e. The van der Waals surface area contributed by atoms with E-state index < -0.39 is 11.6 Å². The third-order valence-corrected chi connectivity index (χ3v) is 3.17. The minimum Gasteiger partial charge on any atom is -0.486 e. The molecule has 2 aliphatic heterocycles. The second-order valence-electron chi connectivity index (χ2n) is 4.26. The van der Waals surface area contributed by atoms with Gasteiger partial charge in [-0.3, -0.25) is 0 Å². The molecule has 0 amide bonds. The highest BCUT2D eigenvalue weighted by atomic mass is 19.2.